The van der Waals surface area contributed by atoms with Gasteiger partial charge in [-0.25, -0.2) is 4.99 Å². The molecule has 1 amide bonds. The van der Waals surface area contributed by atoms with E-state index in [-0.39, 0.29) is 35.9 Å². The summed E-state index contributed by atoms with van der Waals surface area (Å²) in [5.41, 5.74) is 2.00. The third-order valence-corrected chi connectivity index (χ3v) is 5.61. The summed E-state index contributed by atoms with van der Waals surface area (Å²) in [4.78, 5) is 28.6. The molecule has 3 rings (SSSR count). The van der Waals surface area contributed by atoms with E-state index in [1.807, 2.05) is 30.0 Å². The Hall–Kier alpha value is -1.42. The molecular weight excluding hydrogens is 479 g/mol. The number of hydrogen-bond acceptors (Lipinski definition) is 4. The number of rotatable bonds is 5. The van der Waals surface area contributed by atoms with Gasteiger partial charge in [-0.3, -0.25) is 14.7 Å². The van der Waals surface area contributed by atoms with Crippen LogP contribution in [0.2, 0.25) is 0 Å². The largest absolute Gasteiger partial charge is 0.357 e. The maximum atomic E-state index is 12.7. The Bertz CT molecular complexity index is 684. The Balaban J connectivity index is 0.00000300. The number of hydrogen-bond donors (Lipinski definition) is 1. The van der Waals surface area contributed by atoms with E-state index in [4.69, 9.17) is 4.99 Å². The maximum absolute atomic E-state index is 12.7. The number of nitrogens with zero attached hydrogens (tertiary/aromatic N) is 5. The molecule has 2 saturated heterocycles. The normalized spacial score (nSPS) is 19.1. The molecule has 0 spiro atoms. The van der Waals surface area contributed by atoms with E-state index < -0.39 is 0 Å². The second-order valence-electron chi connectivity index (χ2n) is 7.67. The van der Waals surface area contributed by atoms with Crippen molar-refractivity contribution in [1.82, 2.24) is 25.0 Å². The zero-order chi connectivity index (χ0) is 19.9. The Morgan fingerprint density at radius 1 is 1.14 bits per heavy atom. The lowest BCUT2D eigenvalue weighted by atomic mass is 10.2. The van der Waals surface area contributed by atoms with Gasteiger partial charge >= 0.3 is 0 Å². The van der Waals surface area contributed by atoms with Crippen molar-refractivity contribution in [3.05, 3.63) is 29.6 Å². The van der Waals surface area contributed by atoms with Crippen molar-refractivity contribution in [2.45, 2.75) is 46.2 Å². The number of piperazine rings is 1. The maximum Gasteiger partial charge on any atom is 0.239 e. The van der Waals surface area contributed by atoms with Crippen molar-refractivity contribution in [3.63, 3.8) is 0 Å². The molecule has 2 aliphatic heterocycles. The van der Waals surface area contributed by atoms with Gasteiger partial charge in [0.1, 0.15) is 0 Å². The number of aromatic nitrogens is 1. The van der Waals surface area contributed by atoms with Gasteiger partial charge in [-0.05, 0) is 45.7 Å². The van der Waals surface area contributed by atoms with Crippen molar-refractivity contribution in [2.75, 3.05) is 45.8 Å². The third kappa shape index (κ3) is 6.53. The number of nitrogens with one attached hydrogen (secondary N) is 1. The standard InChI is InChI=1S/C21H34N6O.HI/c1-4-22-21(23-16-19-9-7-8-17(2)24-19)27-14-12-25(13-15-27)18(3)20(28)26-10-5-6-11-26;/h7-9,18H,4-6,10-16H2,1-3H3,(H,22,23);1H. The first-order valence-electron chi connectivity index (χ1n) is 10.6. The molecule has 8 heteroatoms. The fraction of sp³-hybridized carbons (Fsp3) is 0.667. The second kappa shape index (κ2) is 11.7. The smallest absolute Gasteiger partial charge is 0.239 e. The van der Waals surface area contributed by atoms with Gasteiger partial charge in [-0.15, -0.1) is 24.0 Å². The molecule has 0 saturated carbocycles. The highest BCUT2D eigenvalue weighted by Crippen LogP contribution is 2.14. The van der Waals surface area contributed by atoms with Gasteiger partial charge in [-0.1, -0.05) is 6.07 Å². The van der Waals surface area contributed by atoms with Gasteiger partial charge in [-0.2, -0.15) is 0 Å². The topological polar surface area (TPSA) is 64.1 Å². The van der Waals surface area contributed by atoms with Crippen LogP contribution in [0.25, 0.3) is 0 Å². The minimum absolute atomic E-state index is 0. The predicted molar refractivity (Wildman–Crippen MR) is 128 cm³/mol. The molecule has 3 heterocycles. The third-order valence-electron chi connectivity index (χ3n) is 5.61. The molecule has 0 aliphatic carbocycles. The minimum Gasteiger partial charge on any atom is -0.357 e. The quantitative estimate of drug-likeness (QED) is 0.371. The number of aliphatic imine (C=N–C) groups is 1. The van der Waals surface area contributed by atoms with Gasteiger partial charge in [0.15, 0.2) is 5.96 Å². The van der Waals surface area contributed by atoms with Gasteiger partial charge in [0, 0.05) is 51.5 Å². The number of amides is 1. The first kappa shape index (κ1) is 23.9. The molecule has 162 valence electrons. The number of likely N-dealkylation sites (tertiary alicyclic amines) is 1. The Morgan fingerprint density at radius 3 is 2.45 bits per heavy atom. The Labute approximate surface area is 192 Å². The minimum atomic E-state index is -0.0312. The summed E-state index contributed by atoms with van der Waals surface area (Å²) in [5, 5.41) is 3.40. The van der Waals surface area contributed by atoms with Crippen LogP contribution in [-0.2, 0) is 11.3 Å². The summed E-state index contributed by atoms with van der Waals surface area (Å²) in [5.74, 6) is 1.22. The van der Waals surface area contributed by atoms with E-state index in [1.165, 1.54) is 0 Å². The second-order valence-corrected chi connectivity index (χ2v) is 7.67. The van der Waals surface area contributed by atoms with Crippen molar-refractivity contribution in [2.24, 2.45) is 4.99 Å². The van der Waals surface area contributed by atoms with Crippen molar-refractivity contribution in [1.29, 1.82) is 0 Å². The number of guanidine groups is 1. The van der Waals surface area contributed by atoms with Crippen LogP contribution < -0.4 is 5.32 Å². The predicted octanol–water partition coefficient (Wildman–Crippen LogP) is 2.10. The molecule has 0 bridgehead atoms. The van der Waals surface area contributed by atoms with Crippen LogP contribution in [0.3, 0.4) is 0 Å². The summed E-state index contributed by atoms with van der Waals surface area (Å²) in [6.45, 7) is 12.9. The fourth-order valence-electron chi connectivity index (χ4n) is 3.95. The first-order valence-corrected chi connectivity index (χ1v) is 10.6. The summed E-state index contributed by atoms with van der Waals surface area (Å²) >= 11 is 0. The summed E-state index contributed by atoms with van der Waals surface area (Å²) < 4.78 is 0. The van der Waals surface area contributed by atoms with Crippen LogP contribution in [0.4, 0.5) is 0 Å². The molecule has 0 radical (unpaired) electrons. The molecule has 1 aromatic heterocycles. The monoisotopic (exact) mass is 514 g/mol. The molecule has 2 aliphatic rings. The van der Waals surface area contributed by atoms with Gasteiger partial charge in [0.2, 0.25) is 5.91 Å². The van der Waals surface area contributed by atoms with Crippen molar-refractivity contribution in [3.8, 4) is 0 Å². The van der Waals surface area contributed by atoms with E-state index in [0.29, 0.717) is 6.54 Å². The van der Waals surface area contributed by atoms with Crippen LogP contribution >= 0.6 is 24.0 Å². The highest BCUT2D eigenvalue weighted by Gasteiger charge is 2.30. The molecule has 7 nitrogen and oxygen atoms in total. The van der Waals surface area contributed by atoms with Crippen LogP contribution in [-0.4, -0.2) is 83.4 Å². The summed E-state index contributed by atoms with van der Waals surface area (Å²) in [7, 11) is 0. The summed E-state index contributed by atoms with van der Waals surface area (Å²) in [6.07, 6.45) is 2.29. The zero-order valence-corrected chi connectivity index (χ0v) is 20.3. The molecular formula is C21H35IN6O. The van der Waals surface area contributed by atoms with Crippen molar-refractivity contribution < 1.29 is 4.79 Å². The van der Waals surface area contributed by atoms with E-state index >= 15 is 0 Å². The van der Waals surface area contributed by atoms with Crippen LogP contribution in [0.15, 0.2) is 23.2 Å². The lowest BCUT2D eigenvalue weighted by Crippen LogP contribution is -2.57. The molecule has 1 aromatic rings. The lowest BCUT2D eigenvalue weighted by molar-refractivity contribution is -0.135. The van der Waals surface area contributed by atoms with E-state index in [2.05, 4.69) is 33.9 Å². The highest BCUT2D eigenvalue weighted by atomic mass is 127. The average Bonchev–Trinajstić information content (AvgIpc) is 3.25. The molecule has 29 heavy (non-hydrogen) atoms. The van der Waals surface area contributed by atoms with Crippen molar-refractivity contribution >= 4 is 35.8 Å². The van der Waals surface area contributed by atoms with Crippen LogP contribution in [0.1, 0.15) is 38.1 Å². The lowest BCUT2D eigenvalue weighted by Gasteiger charge is -2.39. The van der Waals surface area contributed by atoms with Crippen LogP contribution in [0.5, 0.6) is 0 Å². The van der Waals surface area contributed by atoms with E-state index in [1.54, 1.807) is 0 Å². The molecule has 1 atom stereocenters. The van der Waals surface area contributed by atoms with E-state index in [9.17, 15) is 4.79 Å². The van der Waals surface area contributed by atoms with E-state index in [0.717, 1.165) is 76.0 Å². The first-order chi connectivity index (χ1) is 13.6. The fourth-order valence-corrected chi connectivity index (χ4v) is 3.95. The molecule has 1 N–H and O–H groups in total. The SMILES string of the molecule is CCNC(=NCc1cccc(C)n1)N1CCN(C(C)C(=O)N2CCCC2)CC1.I. The van der Waals surface area contributed by atoms with Gasteiger partial charge < -0.3 is 15.1 Å². The highest BCUT2D eigenvalue weighted by molar-refractivity contribution is 14.0. The number of halogens is 1. The molecule has 1 unspecified atom stereocenters. The van der Waals surface area contributed by atoms with Gasteiger partial charge in [0.05, 0.1) is 18.3 Å². The molecule has 0 aromatic carbocycles. The number of pyridine rings is 1. The Morgan fingerprint density at radius 2 is 1.83 bits per heavy atom. The Kier molecular flexibility index (Phi) is 9.61. The number of carbonyl (C=O) groups is 1. The number of aryl methyl sites for hydroxylation is 1. The summed E-state index contributed by atoms with van der Waals surface area (Å²) in [6, 6.07) is 6.01. The number of carbonyl (C=O) groups excluding carboxylic acids is 1. The zero-order valence-electron chi connectivity index (χ0n) is 17.9. The van der Waals surface area contributed by atoms with Gasteiger partial charge in [0.25, 0.3) is 0 Å². The molecule has 2 fully saturated rings. The average molecular weight is 514 g/mol. The van der Waals surface area contributed by atoms with Crippen LogP contribution in [0, 0.1) is 6.92 Å².